The van der Waals surface area contributed by atoms with E-state index in [-0.39, 0.29) is 11.1 Å². The highest BCUT2D eigenvalue weighted by Gasteiger charge is 2.19. The Morgan fingerprint density at radius 1 is 1.38 bits per heavy atom. The van der Waals surface area contributed by atoms with Crippen molar-refractivity contribution in [2.45, 2.75) is 26.3 Å². The van der Waals surface area contributed by atoms with Crippen molar-refractivity contribution in [1.29, 1.82) is 0 Å². The molecule has 1 unspecified atom stereocenters. The molecule has 1 N–H and O–H groups in total. The average Bonchev–Trinajstić information content (AvgIpc) is 2.63. The SMILES string of the molecule is CC(C)CC(CN(C)C)n1c(=S)[nH]c2cc(F)c(Cl)cc21. The summed E-state index contributed by atoms with van der Waals surface area (Å²) in [6, 6.07) is 3.29. The highest BCUT2D eigenvalue weighted by atomic mass is 35.5. The lowest BCUT2D eigenvalue weighted by atomic mass is 10.0. The highest BCUT2D eigenvalue weighted by Crippen LogP contribution is 2.28. The fraction of sp³-hybridized carbons (Fsp3) is 0.533. The standard InChI is InChI=1S/C15H21ClFN3S/c1-9(2)5-10(8-19(3)4)20-14-6-11(16)12(17)7-13(14)18-15(20)21/h6-7,9-10H,5,8H2,1-4H3,(H,18,21). The van der Waals surface area contributed by atoms with Crippen LogP contribution in [0.5, 0.6) is 0 Å². The summed E-state index contributed by atoms with van der Waals surface area (Å²) in [5, 5.41) is 0.124. The van der Waals surface area contributed by atoms with Crippen molar-refractivity contribution in [2.24, 2.45) is 5.92 Å². The van der Waals surface area contributed by atoms with Gasteiger partial charge in [0.25, 0.3) is 0 Å². The first-order chi connectivity index (χ1) is 9.79. The van der Waals surface area contributed by atoms with Crippen molar-refractivity contribution in [1.82, 2.24) is 14.5 Å². The minimum atomic E-state index is -0.430. The van der Waals surface area contributed by atoms with Gasteiger partial charge in [-0.25, -0.2) is 4.39 Å². The molecular weight excluding hydrogens is 309 g/mol. The van der Waals surface area contributed by atoms with E-state index in [1.807, 2.05) is 14.1 Å². The molecule has 2 aromatic rings. The van der Waals surface area contributed by atoms with Crippen LogP contribution in [0, 0.1) is 16.5 Å². The third kappa shape index (κ3) is 3.65. The van der Waals surface area contributed by atoms with Crippen molar-refractivity contribution < 1.29 is 4.39 Å². The summed E-state index contributed by atoms with van der Waals surface area (Å²) in [6.07, 6.45) is 0.994. The van der Waals surface area contributed by atoms with Crippen molar-refractivity contribution >= 4 is 34.9 Å². The average molecular weight is 330 g/mol. The monoisotopic (exact) mass is 329 g/mol. The summed E-state index contributed by atoms with van der Waals surface area (Å²) in [6.45, 7) is 5.25. The van der Waals surface area contributed by atoms with Gasteiger partial charge >= 0.3 is 0 Å². The van der Waals surface area contributed by atoms with Crippen LogP contribution in [0.4, 0.5) is 4.39 Å². The number of fused-ring (bicyclic) bond motifs is 1. The lowest BCUT2D eigenvalue weighted by Gasteiger charge is -2.25. The van der Waals surface area contributed by atoms with Crippen LogP contribution in [0.15, 0.2) is 12.1 Å². The topological polar surface area (TPSA) is 24.0 Å². The van der Waals surface area contributed by atoms with Crippen LogP contribution in [0.25, 0.3) is 11.0 Å². The number of rotatable bonds is 5. The molecule has 2 rings (SSSR count). The number of benzene rings is 1. The van der Waals surface area contributed by atoms with Crippen LogP contribution in [-0.2, 0) is 0 Å². The third-order valence-corrected chi connectivity index (χ3v) is 4.03. The number of halogens is 2. The number of nitrogens with one attached hydrogen (secondary N) is 1. The minimum absolute atomic E-state index is 0.124. The van der Waals surface area contributed by atoms with E-state index >= 15 is 0 Å². The maximum Gasteiger partial charge on any atom is 0.178 e. The molecule has 1 aromatic carbocycles. The Kier molecular flexibility index (Phi) is 5.07. The van der Waals surface area contributed by atoms with Crippen LogP contribution >= 0.6 is 23.8 Å². The molecule has 0 spiro atoms. The lowest BCUT2D eigenvalue weighted by Crippen LogP contribution is -2.25. The van der Waals surface area contributed by atoms with Crippen molar-refractivity contribution in [3.63, 3.8) is 0 Å². The Hall–Kier alpha value is -0.910. The zero-order valence-corrected chi connectivity index (χ0v) is 14.4. The number of aromatic amines is 1. The second-order valence-electron chi connectivity index (χ2n) is 6.13. The Morgan fingerprint density at radius 2 is 2.05 bits per heavy atom. The highest BCUT2D eigenvalue weighted by molar-refractivity contribution is 7.71. The molecule has 0 saturated heterocycles. The van der Waals surface area contributed by atoms with Gasteiger partial charge in [0.1, 0.15) is 5.82 Å². The first kappa shape index (κ1) is 16.5. The number of likely N-dealkylation sites (N-methyl/N-ethyl adjacent to an activating group) is 1. The molecule has 0 fully saturated rings. The maximum atomic E-state index is 13.6. The number of nitrogens with zero attached hydrogens (tertiary/aromatic N) is 2. The van der Waals surface area contributed by atoms with Gasteiger partial charge in [-0.15, -0.1) is 0 Å². The lowest BCUT2D eigenvalue weighted by molar-refractivity contribution is 0.291. The van der Waals surface area contributed by atoms with Crippen molar-refractivity contribution in [3.8, 4) is 0 Å². The van der Waals surface area contributed by atoms with Gasteiger partial charge in [-0.1, -0.05) is 25.4 Å². The summed E-state index contributed by atoms with van der Waals surface area (Å²) >= 11 is 11.4. The van der Waals surface area contributed by atoms with Crippen molar-refractivity contribution in [2.75, 3.05) is 20.6 Å². The third-order valence-electron chi connectivity index (χ3n) is 3.44. The number of aromatic nitrogens is 2. The molecule has 1 heterocycles. The molecule has 0 aliphatic rings. The smallest absolute Gasteiger partial charge is 0.178 e. The van der Waals surface area contributed by atoms with E-state index in [9.17, 15) is 4.39 Å². The van der Waals surface area contributed by atoms with Crippen molar-refractivity contribution in [3.05, 3.63) is 27.7 Å². The largest absolute Gasteiger partial charge is 0.330 e. The fourth-order valence-electron chi connectivity index (χ4n) is 2.71. The van der Waals surface area contributed by atoms with Crippen LogP contribution in [0.2, 0.25) is 5.02 Å². The zero-order valence-electron chi connectivity index (χ0n) is 12.8. The van der Waals surface area contributed by atoms with E-state index in [1.54, 1.807) is 6.07 Å². The second-order valence-corrected chi connectivity index (χ2v) is 6.92. The molecule has 0 saturated carbocycles. The van der Waals surface area contributed by atoms with E-state index in [4.69, 9.17) is 23.8 Å². The predicted octanol–water partition coefficient (Wildman–Crippen LogP) is 4.64. The summed E-state index contributed by atoms with van der Waals surface area (Å²) in [7, 11) is 4.08. The van der Waals surface area contributed by atoms with Gasteiger partial charge in [0.2, 0.25) is 0 Å². The number of imidazole rings is 1. The molecule has 0 bridgehead atoms. The normalized spacial score (nSPS) is 13.5. The van der Waals surface area contributed by atoms with Crippen LogP contribution in [0.3, 0.4) is 0 Å². The molecule has 116 valence electrons. The second kappa shape index (κ2) is 6.46. The first-order valence-corrected chi connectivity index (χ1v) is 7.82. The van der Waals surface area contributed by atoms with Gasteiger partial charge in [0.05, 0.1) is 16.1 Å². The summed E-state index contributed by atoms with van der Waals surface area (Å²) in [5.41, 5.74) is 1.55. The quantitative estimate of drug-likeness (QED) is 0.808. The Morgan fingerprint density at radius 3 is 2.62 bits per heavy atom. The Bertz CT molecular complexity index is 680. The molecule has 0 aliphatic heterocycles. The molecule has 21 heavy (non-hydrogen) atoms. The molecule has 0 amide bonds. The van der Waals surface area contributed by atoms with Crippen LogP contribution in [-0.4, -0.2) is 35.1 Å². The Balaban J connectivity index is 2.58. The maximum absolute atomic E-state index is 13.6. The van der Waals surface area contributed by atoms with E-state index in [0.29, 0.717) is 16.2 Å². The van der Waals surface area contributed by atoms with E-state index < -0.39 is 5.82 Å². The summed E-state index contributed by atoms with van der Waals surface area (Å²) in [5.74, 6) is 0.110. The first-order valence-electron chi connectivity index (χ1n) is 7.03. The van der Waals surface area contributed by atoms with E-state index in [1.165, 1.54) is 6.07 Å². The number of H-pyrrole nitrogens is 1. The van der Waals surface area contributed by atoms with Gasteiger partial charge in [-0.3, -0.25) is 0 Å². The van der Waals surface area contributed by atoms with E-state index in [2.05, 4.69) is 28.3 Å². The Labute approximate surface area is 134 Å². The molecule has 0 radical (unpaired) electrons. The predicted molar refractivity (Wildman–Crippen MR) is 89.1 cm³/mol. The number of hydrogen-bond donors (Lipinski definition) is 1. The number of hydrogen-bond acceptors (Lipinski definition) is 2. The summed E-state index contributed by atoms with van der Waals surface area (Å²) < 4.78 is 16.3. The van der Waals surface area contributed by atoms with E-state index in [0.717, 1.165) is 18.5 Å². The van der Waals surface area contributed by atoms with Gasteiger partial charge in [0, 0.05) is 18.7 Å². The molecule has 0 aliphatic carbocycles. The van der Waals surface area contributed by atoms with Gasteiger partial charge in [-0.05, 0) is 44.7 Å². The molecular formula is C15H21ClFN3S. The fourth-order valence-corrected chi connectivity index (χ4v) is 3.23. The van der Waals surface area contributed by atoms with Crippen LogP contribution < -0.4 is 0 Å². The van der Waals surface area contributed by atoms with Gasteiger partial charge in [-0.2, -0.15) is 0 Å². The van der Waals surface area contributed by atoms with Gasteiger partial charge < -0.3 is 14.5 Å². The molecule has 1 atom stereocenters. The zero-order chi connectivity index (χ0) is 15.7. The molecule has 1 aromatic heterocycles. The summed E-state index contributed by atoms with van der Waals surface area (Å²) in [4.78, 5) is 5.22. The molecule has 6 heteroatoms. The van der Waals surface area contributed by atoms with Gasteiger partial charge in [0.15, 0.2) is 4.77 Å². The minimum Gasteiger partial charge on any atom is -0.330 e. The van der Waals surface area contributed by atoms with Crippen LogP contribution in [0.1, 0.15) is 26.3 Å². The molecule has 3 nitrogen and oxygen atoms in total.